The maximum Gasteiger partial charge on any atom is 0.146 e. The van der Waals surface area contributed by atoms with Crippen LogP contribution in [0.3, 0.4) is 0 Å². The van der Waals surface area contributed by atoms with Crippen LogP contribution in [0.25, 0.3) is 0 Å². The normalized spacial score (nSPS) is 29.4. The molecule has 0 bridgehead atoms. The van der Waals surface area contributed by atoms with Crippen molar-refractivity contribution in [3.63, 3.8) is 0 Å². The Morgan fingerprint density at radius 1 is 1.69 bits per heavy atom. The first kappa shape index (κ1) is 10.7. The topological polar surface area (TPSA) is 32.3 Å². The van der Waals surface area contributed by atoms with Crippen molar-refractivity contribution in [2.45, 2.75) is 25.2 Å². The van der Waals surface area contributed by atoms with Crippen LogP contribution in [-0.2, 0) is 4.79 Å². The lowest BCUT2D eigenvalue weighted by Crippen LogP contribution is -2.38. The van der Waals surface area contributed by atoms with Crippen molar-refractivity contribution in [1.29, 1.82) is 0 Å². The number of hydrogen-bond acceptors (Lipinski definition) is 3. The number of likely N-dealkylation sites (N-methyl/N-ethyl adjacent to an activating group) is 1. The summed E-state index contributed by atoms with van der Waals surface area (Å²) in [6.07, 6.45) is 0.818. The predicted molar refractivity (Wildman–Crippen MR) is 54.1 cm³/mol. The van der Waals surface area contributed by atoms with Gasteiger partial charge in [-0.2, -0.15) is 0 Å². The standard InChI is InChI=1S/C9H17BN2O/c1-7(13)9-5-8(10)6-12(9)4-3-11-2/h8-9,11H,3-6H2,1-2H3. The molecule has 2 atom stereocenters. The fraction of sp³-hybridized carbons (Fsp3) is 0.889. The molecule has 1 aliphatic rings. The molecule has 1 saturated heterocycles. The molecule has 3 nitrogen and oxygen atoms in total. The number of hydrogen-bond donors (Lipinski definition) is 1. The summed E-state index contributed by atoms with van der Waals surface area (Å²) in [6.45, 7) is 4.33. The van der Waals surface area contributed by atoms with Crippen LogP contribution in [0.5, 0.6) is 0 Å². The minimum Gasteiger partial charge on any atom is -0.318 e. The highest BCUT2D eigenvalue weighted by Gasteiger charge is 2.31. The van der Waals surface area contributed by atoms with Gasteiger partial charge in [0, 0.05) is 13.1 Å². The Morgan fingerprint density at radius 3 is 2.92 bits per heavy atom. The minimum atomic E-state index is 0.0587. The lowest BCUT2D eigenvalue weighted by molar-refractivity contribution is -0.121. The molecule has 1 N–H and O–H groups in total. The summed E-state index contributed by atoms with van der Waals surface area (Å²) in [5.74, 6) is 0.412. The van der Waals surface area contributed by atoms with Crippen molar-refractivity contribution >= 4 is 13.6 Å². The van der Waals surface area contributed by atoms with E-state index in [1.165, 1.54) is 0 Å². The van der Waals surface area contributed by atoms with Crippen molar-refractivity contribution in [2.75, 3.05) is 26.7 Å². The molecule has 1 rings (SSSR count). The fourth-order valence-electron chi connectivity index (χ4n) is 1.86. The van der Waals surface area contributed by atoms with E-state index in [4.69, 9.17) is 7.85 Å². The Morgan fingerprint density at radius 2 is 2.38 bits per heavy atom. The van der Waals surface area contributed by atoms with Gasteiger partial charge in [-0.25, -0.2) is 0 Å². The van der Waals surface area contributed by atoms with Gasteiger partial charge in [0.2, 0.25) is 0 Å². The van der Waals surface area contributed by atoms with Gasteiger partial charge in [0.1, 0.15) is 5.78 Å². The number of carbonyl (C=O) groups excluding carboxylic acids is 1. The summed E-state index contributed by atoms with van der Waals surface area (Å²) in [6, 6.07) is 0.0587. The molecule has 1 heterocycles. The number of likely N-dealkylation sites (tertiary alicyclic amines) is 1. The molecule has 4 heteroatoms. The van der Waals surface area contributed by atoms with Gasteiger partial charge in [-0.15, -0.1) is 0 Å². The van der Waals surface area contributed by atoms with Crippen LogP contribution >= 0.6 is 0 Å². The zero-order valence-corrected chi connectivity index (χ0v) is 8.42. The molecule has 1 aliphatic heterocycles. The van der Waals surface area contributed by atoms with Crippen molar-refractivity contribution in [2.24, 2.45) is 0 Å². The molecule has 0 amide bonds. The molecular formula is C9H17BN2O. The number of rotatable bonds is 4. The summed E-state index contributed by atoms with van der Waals surface area (Å²) in [5.41, 5.74) is 0. The van der Waals surface area contributed by atoms with Crippen LogP contribution in [0.1, 0.15) is 13.3 Å². The van der Waals surface area contributed by atoms with Crippen LogP contribution in [0.15, 0.2) is 0 Å². The molecule has 13 heavy (non-hydrogen) atoms. The second kappa shape index (κ2) is 4.77. The zero-order chi connectivity index (χ0) is 9.84. The Labute approximate surface area is 81.3 Å². The second-order valence-electron chi connectivity index (χ2n) is 3.72. The van der Waals surface area contributed by atoms with Crippen molar-refractivity contribution < 1.29 is 4.79 Å². The molecule has 0 aromatic carbocycles. The number of nitrogens with one attached hydrogen (secondary N) is 1. The van der Waals surface area contributed by atoms with E-state index in [0.717, 1.165) is 26.1 Å². The van der Waals surface area contributed by atoms with Crippen LogP contribution < -0.4 is 5.32 Å². The van der Waals surface area contributed by atoms with Gasteiger partial charge in [0.25, 0.3) is 0 Å². The third-order valence-electron chi connectivity index (χ3n) is 2.55. The van der Waals surface area contributed by atoms with Crippen LogP contribution in [-0.4, -0.2) is 51.3 Å². The smallest absolute Gasteiger partial charge is 0.146 e. The van der Waals surface area contributed by atoms with Crippen molar-refractivity contribution in [1.82, 2.24) is 10.2 Å². The first-order chi connectivity index (χ1) is 6.15. The summed E-state index contributed by atoms with van der Waals surface area (Å²) in [4.78, 5) is 13.4. The Bertz CT molecular complexity index is 186. The summed E-state index contributed by atoms with van der Waals surface area (Å²) in [7, 11) is 7.73. The average molecular weight is 180 g/mol. The SMILES string of the molecule is [B]C1CC(C(C)=O)N(CCNC)C1. The number of Topliss-reactive ketones (excluding diaryl/α,β-unsaturated/α-hetero) is 1. The third kappa shape index (κ3) is 2.81. The zero-order valence-electron chi connectivity index (χ0n) is 8.42. The molecule has 0 spiro atoms. The monoisotopic (exact) mass is 180 g/mol. The summed E-state index contributed by atoms with van der Waals surface area (Å²) >= 11 is 0. The van der Waals surface area contributed by atoms with E-state index in [1.54, 1.807) is 6.92 Å². The second-order valence-corrected chi connectivity index (χ2v) is 3.72. The number of ketones is 1. The molecule has 0 saturated carbocycles. The van der Waals surface area contributed by atoms with E-state index < -0.39 is 0 Å². The van der Waals surface area contributed by atoms with Crippen molar-refractivity contribution in [3.8, 4) is 0 Å². The Hall–Kier alpha value is -0.345. The third-order valence-corrected chi connectivity index (χ3v) is 2.55. The summed E-state index contributed by atoms with van der Waals surface area (Å²) in [5, 5.41) is 3.08. The van der Waals surface area contributed by atoms with Crippen LogP contribution in [0.4, 0.5) is 0 Å². The first-order valence-corrected chi connectivity index (χ1v) is 4.80. The van der Waals surface area contributed by atoms with Crippen LogP contribution in [0, 0.1) is 0 Å². The molecule has 0 aliphatic carbocycles. The molecule has 2 unspecified atom stereocenters. The molecule has 0 aromatic rings. The van der Waals surface area contributed by atoms with E-state index in [2.05, 4.69) is 10.2 Å². The molecule has 72 valence electrons. The molecule has 1 fully saturated rings. The molecular weight excluding hydrogens is 163 g/mol. The highest BCUT2D eigenvalue weighted by Crippen LogP contribution is 2.24. The Kier molecular flexibility index (Phi) is 3.94. The lowest BCUT2D eigenvalue weighted by atomic mass is 9.85. The number of nitrogens with zero attached hydrogens (tertiary/aromatic N) is 1. The van der Waals surface area contributed by atoms with Gasteiger partial charge in [-0.3, -0.25) is 9.69 Å². The maximum atomic E-state index is 11.2. The largest absolute Gasteiger partial charge is 0.318 e. The lowest BCUT2D eigenvalue weighted by Gasteiger charge is -2.21. The Balaban J connectivity index is 2.45. The van der Waals surface area contributed by atoms with Gasteiger partial charge in [-0.05, 0) is 26.9 Å². The van der Waals surface area contributed by atoms with E-state index in [9.17, 15) is 4.79 Å². The minimum absolute atomic E-state index is 0.0587. The summed E-state index contributed by atoms with van der Waals surface area (Å²) < 4.78 is 0. The van der Waals surface area contributed by atoms with E-state index in [-0.39, 0.29) is 17.6 Å². The van der Waals surface area contributed by atoms with E-state index in [1.807, 2.05) is 7.05 Å². The molecule has 0 aromatic heterocycles. The van der Waals surface area contributed by atoms with Gasteiger partial charge in [-0.1, -0.05) is 5.82 Å². The van der Waals surface area contributed by atoms with E-state index in [0.29, 0.717) is 0 Å². The van der Waals surface area contributed by atoms with Gasteiger partial charge < -0.3 is 5.32 Å². The van der Waals surface area contributed by atoms with E-state index >= 15 is 0 Å². The van der Waals surface area contributed by atoms with Gasteiger partial charge >= 0.3 is 0 Å². The van der Waals surface area contributed by atoms with Crippen LogP contribution in [0.2, 0.25) is 5.82 Å². The van der Waals surface area contributed by atoms with Gasteiger partial charge in [0.15, 0.2) is 0 Å². The molecule has 2 radical (unpaired) electrons. The van der Waals surface area contributed by atoms with Gasteiger partial charge in [0.05, 0.1) is 13.9 Å². The number of carbonyl (C=O) groups is 1. The first-order valence-electron chi connectivity index (χ1n) is 4.80. The average Bonchev–Trinajstić information content (AvgIpc) is 2.43. The highest BCUT2D eigenvalue weighted by molar-refractivity contribution is 6.12. The maximum absolute atomic E-state index is 11.2. The predicted octanol–water partition coefficient (Wildman–Crippen LogP) is -0.174. The fourth-order valence-corrected chi connectivity index (χ4v) is 1.86. The van der Waals surface area contributed by atoms with Crippen molar-refractivity contribution in [3.05, 3.63) is 0 Å². The quantitative estimate of drug-likeness (QED) is 0.609. The highest BCUT2D eigenvalue weighted by atomic mass is 16.1.